The lowest BCUT2D eigenvalue weighted by molar-refractivity contribution is 0.0747. The van der Waals surface area contributed by atoms with E-state index in [2.05, 4.69) is 0 Å². The molecule has 108 valence electrons. The van der Waals surface area contributed by atoms with E-state index in [1.165, 1.54) is 19.1 Å². The molecular weight excluding hydrogens is 258 g/mol. The lowest BCUT2D eigenvalue weighted by Gasteiger charge is -2.24. The van der Waals surface area contributed by atoms with E-state index in [4.69, 9.17) is 20.5 Å². The minimum atomic E-state index is -0.258. The summed E-state index contributed by atoms with van der Waals surface area (Å²) in [4.78, 5) is 13.9. The molecule has 0 bridgehead atoms. The molecule has 1 amide bonds. The highest BCUT2D eigenvalue weighted by molar-refractivity contribution is 6.00. The Morgan fingerprint density at radius 3 is 2.45 bits per heavy atom. The minimum Gasteiger partial charge on any atom is -0.493 e. The van der Waals surface area contributed by atoms with Gasteiger partial charge in [0.25, 0.3) is 5.91 Å². The molecule has 6 heteroatoms. The Balaban J connectivity index is 3.13. The van der Waals surface area contributed by atoms with Crippen molar-refractivity contribution in [3.05, 3.63) is 17.7 Å². The van der Waals surface area contributed by atoms with Gasteiger partial charge in [-0.25, -0.2) is 0 Å². The van der Waals surface area contributed by atoms with Crippen LogP contribution in [-0.2, 0) is 0 Å². The summed E-state index contributed by atoms with van der Waals surface area (Å²) in [5.74, 6) is 0.645. The molecule has 1 rings (SSSR count). The molecule has 0 aliphatic rings. The van der Waals surface area contributed by atoms with Crippen LogP contribution in [0.4, 0.5) is 5.69 Å². The highest BCUT2D eigenvalue weighted by Gasteiger charge is 2.21. The van der Waals surface area contributed by atoms with E-state index in [0.717, 1.165) is 0 Å². The molecule has 1 unspecified atom stereocenters. The van der Waals surface area contributed by atoms with Crippen LogP contribution in [0.15, 0.2) is 12.1 Å². The maximum Gasteiger partial charge on any atom is 0.256 e. The fourth-order valence-electron chi connectivity index (χ4n) is 1.74. The first-order valence-corrected chi connectivity index (χ1v) is 6.11. The lowest BCUT2D eigenvalue weighted by Crippen LogP contribution is -2.35. The summed E-state index contributed by atoms with van der Waals surface area (Å²) in [6, 6.07) is 4.94. The third-order valence-electron chi connectivity index (χ3n) is 3.15. The maximum atomic E-state index is 12.4. The maximum absolute atomic E-state index is 12.4. The Labute approximate surface area is 118 Å². The van der Waals surface area contributed by atoms with Gasteiger partial charge in [0.05, 0.1) is 32.3 Å². The normalized spacial score (nSPS) is 11.3. The minimum absolute atomic E-state index is 0.194. The summed E-state index contributed by atoms with van der Waals surface area (Å²) in [5, 5.41) is 8.69. The van der Waals surface area contributed by atoms with Gasteiger partial charge in [0.15, 0.2) is 11.5 Å². The van der Waals surface area contributed by atoms with Crippen LogP contribution in [0.2, 0.25) is 0 Å². The van der Waals surface area contributed by atoms with Gasteiger partial charge in [0, 0.05) is 24.8 Å². The van der Waals surface area contributed by atoms with E-state index in [1.54, 1.807) is 26.1 Å². The monoisotopic (exact) mass is 277 g/mol. The number of benzene rings is 1. The molecule has 0 aliphatic carbocycles. The van der Waals surface area contributed by atoms with Crippen molar-refractivity contribution in [3.8, 4) is 17.6 Å². The van der Waals surface area contributed by atoms with Gasteiger partial charge in [0.2, 0.25) is 0 Å². The van der Waals surface area contributed by atoms with Gasteiger partial charge in [-0.2, -0.15) is 5.26 Å². The molecule has 0 aromatic heterocycles. The summed E-state index contributed by atoms with van der Waals surface area (Å²) in [6.07, 6.45) is 0.259. The predicted molar refractivity (Wildman–Crippen MR) is 75.7 cm³/mol. The highest BCUT2D eigenvalue weighted by Crippen LogP contribution is 2.32. The fourth-order valence-corrected chi connectivity index (χ4v) is 1.74. The third-order valence-corrected chi connectivity index (χ3v) is 3.15. The van der Waals surface area contributed by atoms with Gasteiger partial charge in [-0.05, 0) is 13.0 Å². The fraction of sp³-hybridized carbons (Fsp3) is 0.429. The lowest BCUT2D eigenvalue weighted by atomic mass is 10.1. The zero-order chi connectivity index (χ0) is 15.3. The summed E-state index contributed by atoms with van der Waals surface area (Å²) in [5.41, 5.74) is 6.52. The molecule has 1 atom stereocenters. The largest absolute Gasteiger partial charge is 0.493 e. The molecule has 1 aromatic rings. The Morgan fingerprint density at radius 2 is 1.95 bits per heavy atom. The SMILES string of the molecule is COc1cc(N)c(C(=O)N(C)C(C)CC#N)cc1OC. The van der Waals surface area contributed by atoms with Crippen LogP contribution < -0.4 is 15.2 Å². The number of ether oxygens (including phenoxy) is 2. The first-order chi connectivity index (χ1) is 9.46. The number of nitriles is 1. The second-order valence-corrected chi connectivity index (χ2v) is 4.42. The number of methoxy groups -OCH3 is 2. The van der Waals surface area contributed by atoms with Crippen molar-refractivity contribution in [2.24, 2.45) is 0 Å². The molecule has 0 aliphatic heterocycles. The predicted octanol–water partition coefficient (Wildman–Crippen LogP) is 1.66. The first kappa shape index (κ1) is 15.6. The molecule has 0 spiro atoms. The Hall–Kier alpha value is -2.42. The highest BCUT2D eigenvalue weighted by atomic mass is 16.5. The Kier molecular flexibility index (Phi) is 5.21. The van der Waals surface area contributed by atoms with Gasteiger partial charge in [-0.15, -0.1) is 0 Å². The number of hydrogen-bond acceptors (Lipinski definition) is 5. The van der Waals surface area contributed by atoms with Crippen molar-refractivity contribution in [3.63, 3.8) is 0 Å². The molecule has 0 fully saturated rings. The van der Waals surface area contributed by atoms with Crippen molar-refractivity contribution in [2.75, 3.05) is 27.0 Å². The Morgan fingerprint density at radius 1 is 1.40 bits per heavy atom. The number of hydrogen-bond donors (Lipinski definition) is 1. The number of nitrogens with two attached hydrogens (primary N) is 1. The zero-order valence-electron chi connectivity index (χ0n) is 12.1. The van der Waals surface area contributed by atoms with Crippen molar-refractivity contribution in [1.29, 1.82) is 5.26 Å². The third kappa shape index (κ3) is 3.12. The summed E-state index contributed by atoms with van der Waals surface area (Å²) >= 11 is 0. The standard InChI is InChI=1S/C14H19N3O3/c1-9(5-6-15)17(2)14(18)10-7-12(19-3)13(20-4)8-11(10)16/h7-9H,5,16H2,1-4H3. The summed E-state index contributed by atoms with van der Waals surface area (Å²) in [7, 11) is 4.63. The van der Waals surface area contributed by atoms with E-state index in [9.17, 15) is 4.79 Å². The molecular formula is C14H19N3O3. The van der Waals surface area contributed by atoms with E-state index >= 15 is 0 Å². The number of nitrogen functional groups attached to an aromatic ring is 1. The van der Waals surface area contributed by atoms with Gasteiger partial charge in [-0.1, -0.05) is 0 Å². The molecule has 0 saturated carbocycles. The molecule has 0 saturated heterocycles. The molecule has 1 aromatic carbocycles. The van der Waals surface area contributed by atoms with Crippen LogP contribution in [0.1, 0.15) is 23.7 Å². The quantitative estimate of drug-likeness (QED) is 0.827. The van der Waals surface area contributed by atoms with E-state index in [-0.39, 0.29) is 18.4 Å². The topological polar surface area (TPSA) is 88.6 Å². The van der Waals surface area contributed by atoms with Crippen molar-refractivity contribution < 1.29 is 14.3 Å². The second kappa shape index (κ2) is 6.66. The average Bonchev–Trinajstić information content (AvgIpc) is 2.45. The van der Waals surface area contributed by atoms with Gasteiger partial charge in [0.1, 0.15) is 0 Å². The van der Waals surface area contributed by atoms with Crippen LogP contribution >= 0.6 is 0 Å². The number of amides is 1. The van der Waals surface area contributed by atoms with Gasteiger partial charge >= 0.3 is 0 Å². The summed E-state index contributed by atoms with van der Waals surface area (Å²) in [6.45, 7) is 1.80. The van der Waals surface area contributed by atoms with Crippen LogP contribution in [0.5, 0.6) is 11.5 Å². The summed E-state index contributed by atoms with van der Waals surface area (Å²) < 4.78 is 10.3. The molecule has 0 radical (unpaired) electrons. The number of anilines is 1. The van der Waals surface area contributed by atoms with Crippen LogP contribution in [-0.4, -0.2) is 38.1 Å². The molecule has 20 heavy (non-hydrogen) atoms. The first-order valence-electron chi connectivity index (χ1n) is 6.11. The van der Waals surface area contributed by atoms with Crippen molar-refractivity contribution in [1.82, 2.24) is 4.90 Å². The van der Waals surface area contributed by atoms with Crippen molar-refractivity contribution in [2.45, 2.75) is 19.4 Å². The molecule has 6 nitrogen and oxygen atoms in total. The van der Waals surface area contributed by atoms with Gasteiger partial charge < -0.3 is 20.1 Å². The number of carbonyl (C=O) groups excluding carboxylic acids is 1. The van der Waals surface area contributed by atoms with Crippen LogP contribution in [0.3, 0.4) is 0 Å². The number of rotatable bonds is 5. The molecule has 2 N–H and O–H groups in total. The second-order valence-electron chi connectivity index (χ2n) is 4.42. The van der Waals surface area contributed by atoms with Crippen LogP contribution in [0.25, 0.3) is 0 Å². The Bertz CT molecular complexity index is 537. The van der Waals surface area contributed by atoms with Crippen molar-refractivity contribution >= 4 is 11.6 Å². The average molecular weight is 277 g/mol. The van der Waals surface area contributed by atoms with E-state index in [0.29, 0.717) is 22.7 Å². The molecule has 0 heterocycles. The van der Waals surface area contributed by atoms with E-state index < -0.39 is 0 Å². The zero-order valence-corrected chi connectivity index (χ0v) is 12.1. The smallest absolute Gasteiger partial charge is 0.256 e. The van der Waals surface area contributed by atoms with E-state index in [1.807, 2.05) is 6.07 Å². The number of nitrogens with zero attached hydrogens (tertiary/aromatic N) is 2. The number of carbonyl (C=O) groups is 1. The van der Waals surface area contributed by atoms with Crippen LogP contribution in [0, 0.1) is 11.3 Å². The van der Waals surface area contributed by atoms with Gasteiger partial charge in [-0.3, -0.25) is 4.79 Å².